The number of rotatable bonds is 6. The Morgan fingerprint density at radius 1 is 1.23 bits per heavy atom. The van der Waals surface area contributed by atoms with Gasteiger partial charge in [0.2, 0.25) is 0 Å². The Kier molecular flexibility index (Phi) is 10.5. The molecular weight excluding hydrogens is 382 g/mol. The summed E-state index contributed by atoms with van der Waals surface area (Å²) in [6.07, 6.45) is 2.35. The molecule has 2 heterocycles. The van der Waals surface area contributed by atoms with Gasteiger partial charge in [0.05, 0.1) is 13.2 Å². The minimum atomic E-state index is -0.604. The Morgan fingerprint density at radius 3 is 2.69 bits per heavy atom. The summed E-state index contributed by atoms with van der Waals surface area (Å²) in [7, 11) is 0. The smallest absolute Gasteiger partial charge is 0.127 e. The van der Waals surface area contributed by atoms with Gasteiger partial charge in [-0.1, -0.05) is 6.08 Å². The standard InChI is InChI=1S/C18H25FN2O3.2ClH/c19-16-9-15(14-1-3-20-4-2-14)10-18(11-16)24-13-17(22)12-21-5-7-23-8-6-21;;/h1,9-11,17,20,22H,2-8,12-13H2;2*1H. The molecule has 1 fully saturated rings. The number of nitrogens with zero attached hydrogens (tertiary/aromatic N) is 1. The van der Waals surface area contributed by atoms with Gasteiger partial charge in [0.1, 0.15) is 24.3 Å². The number of aliphatic hydroxyl groups is 1. The van der Waals surface area contributed by atoms with Gasteiger partial charge in [-0.15, -0.1) is 24.8 Å². The van der Waals surface area contributed by atoms with Crippen molar-refractivity contribution in [2.75, 3.05) is 52.5 Å². The third-order valence-electron chi connectivity index (χ3n) is 4.32. The minimum absolute atomic E-state index is 0. The first-order valence-corrected chi connectivity index (χ1v) is 8.52. The Morgan fingerprint density at radius 2 is 2.00 bits per heavy atom. The quantitative estimate of drug-likeness (QED) is 0.754. The molecule has 2 aliphatic rings. The van der Waals surface area contributed by atoms with Crippen molar-refractivity contribution in [3.8, 4) is 5.75 Å². The number of aliphatic hydroxyl groups excluding tert-OH is 1. The van der Waals surface area contributed by atoms with E-state index in [1.165, 1.54) is 12.1 Å². The van der Waals surface area contributed by atoms with Crippen molar-refractivity contribution >= 4 is 30.4 Å². The van der Waals surface area contributed by atoms with Crippen molar-refractivity contribution in [1.29, 1.82) is 0 Å². The first-order valence-electron chi connectivity index (χ1n) is 8.52. The Bertz CT molecular complexity index is 584. The van der Waals surface area contributed by atoms with E-state index in [0.717, 1.165) is 43.7 Å². The van der Waals surface area contributed by atoms with Crippen molar-refractivity contribution in [2.24, 2.45) is 0 Å². The predicted octanol–water partition coefficient (Wildman–Crippen LogP) is 2.12. The zero-order valence-corrected chi connectivity index (χ0v) is 16.3. The molecule has 1 unspecified atom stereocenters. The lowest BCUT2D eigenvalue weighted by molar-refractivity contribution is 0.00462. The molecule has 26 heavy (non-hydrogen) atoms. The summed E-state index contributed by atoms with van der Waals surface area (Å²) in [6, 6.07) is 4.75. The van der Waals surface area contributed by atoms with E-state index in [1.807, 2.05) is 6.07 Å². The summed E-state index contributed by atoms with van der Waals surface area (Å²) >= 11 is 0. The van der Waals surface area contributed by atoms with Crippen LogP contribution in [0.15, 0.2) is 24.3 Å². The van der Waals surface area contributed by atoms with Crippen LogP contribution in [0.1, 0.15) is 12.0 Å². The molecule has 0 bridgehead atoms. The lowest BCUT2D eigenvalue weighted by Crippen LogP contribution is -2.42. The highest BCUT2D eigenvalue weighted by Gasteiger charge is 2.16. The van der Waals surface area contributed by atoms with Gasteiger partial charge in [-0.3, -0.25) is 4.90 Å². The summed E-state index contributed by atoms with van der Waals surface area (Å²) in [6.45, 7) is 5.45. The number of nitrogens with one attached hydrogen (secondary N) is 1. The maximum absolute atomic E-state index is 13.9. The maximum atomic E-state index is 13.9. The third kappa shape index (κ3) is 7.02. The molecule has 0 radical (unpaired) electrons. The molecule has 5 nitrogen and oxygen atoms in total. The number of hydrogen-bond donors (Lipinski definition) is 2. The number of halogens is 3. The number of benzene rings is 1. The van der Waals surface area contributed by atoms with E-state index in [4.69, 9.17) is 9.47 Å². The van der Waals surface area contributed by atoms with E-state index >= 15 is 0 Å². The lowest BCUT2D eigenvalue weighted by Gasteiger charge is -2.28. The van der Waals surface area contributed by atoms with Crippen molar-refractivity contribution in [3.63, 3.8) is 0 Å². The van der Waals surface area contributed by atoms with E-state index in [0.29, 0.717) is 25.5 Å². The van der Waals surface area contributed by atoms with Gasteiger partial charge in [0.15, 0.2) is 0 Å². The van der Waals surface area contributed by atoms with E-state index in [1.54, 1.807) is 0 Å². The third-order valence-corrected chi connectivity index (χ3v) is 4.32. The molecule has 2 N–H and O–H groups in total. The minimum Gasteiger partial charge on any atom is -0.491 e. The van der Waals surface area contributed by atoms with Gasteiger partial charge in [0, 0.05) is 32.2 Å². The summed E-state index contributed by atoms with van der Waals surface area (Å²) in [4.78, 5) is 2.15. The van der Waals surface area contributed by atoms with Crippen molar-refractivity contribution in [2.45, 2.75) is 12.5 Å². The number of β-amino-alcohol motifs (C(OH)–C–C–N with tert-alkyl or cyclic N) is 1. The highest BCUT2D eigenvalue weighted by Crippen LogP contribution is 2.25. The fourth-order valence-electron chi connectivity index (χ4n) is 3.04. The van der Waals surface area contributed by atoms with Gasteiger partial charge in [-0.25, -0.2) is 4.39 Å². The molecule has 2 aliphatic heterocycles. The molecule has 148 valence electrons. The van der Waals surface area contributed by atoms with Gasteiger partial charge in [-0.05, 0) is 36.2 Å². The van der Waals surface area contributed by atoms with Crippen LogP contribution >= 0.6 is 24.8 Å². The average molecular weight is 409 g/mol. The van der Waals surface area contributed by atoms with Crippen LogP contribution in [-0.4, -0.2) is 68.7 Å². The topological polar surface area (TPSA) is 54.0 Å². The van der Waals surface area contributed by atoms with Gasteiger partial charge >= 0.3 is 0 Å². The number of morpholine rings is 1. The Hall–Kier alpha value is -0.890. The number of ether oxygens (including phenoxy) is 2. The fraction of sp³-hybridized carbons (Fsp3) is 0.556. The highest BCUT2D eigenvalue weighted by molar-refractivity contribution is 5.85. The second kappa shape index (κ2) is 11.7. The van der Waals surface area contributed by atoms with Crippen LogP contribution < -0.4 is 10.1 Å². The molecule has 1 aromatic rings. The Balaban J connectivity index is 0.00000169. The first kappa shape index (κ1) is 23.1. The van der Waals surface area contributed by atoms with Crippen LogP contribution in [0.4, 0.5) is 4.39 Å². The molecule has 0 spiro atoms. The second-order valence-corrected chi connectivity index (χ2v) is 6.24. The molecule has 1 atom stereocenters. The van der Waals surface area contributed by atoms with Gasteiger partial charge in [0.25, 0.3) is 0 Å². The zero-order chi connectivity index (χ0) is 16.8. The highest BCUT2D eigenvalue weighted by atomic mass is 35.5. The zero-order valence-electron chi connectivity index (χ0n) is 14.7. The van der Waals surface area contributed by atoms with Crippen LogP contribution in [0.3, 0.4) is 0 Å². The SMILES string of the molecule is Cl.Cl.OC(COc1cc(F)cc(C2=CCNCC2)c1)CN1CCOCC1. The van der Waals surface area contributed by atoms with Gasteiger partial charge < -0.3 is 19.9 Å². The molecule has 3 rings (SSSR count). The summed E-state index contributed by atoms with van der Waals surface area (Å²) < 4.78 is 24.8. The van der Waals surface area contributed by atoms with E-state index in [-0.39, 0.29) is 37.2 Å². The Labute approximate surface area is 166 Å². The first-order chi connectivity index (χ1) is 11.7. The van der Waals surface area contributed by atoms with E-state index in [2.05, 4.69) is 16.3 Å². The molecular formula is C18H27Cl2FN2O3. The van der Waals surface area contributed by atoms with Gasteiger partial charge in [-0.2, -0.15) is 0 Å². The fourth-order valence-corrected chi connectivity index (χ4v) is 3.04. The predicted molar refractivity (Wildman–Crippen MR) is 105 cm³/mol. The molecule has 1 saturated heterocycles. The number of hydrogen-bond acceptors (Lipinski definition) is 5. The van der Waals surface area contributed by atoms with Crippen molar-refractivity contribution in [1.82, 2.24) is 10.2 Å². The average Bonchev–Trinajstić information content (AvgIpc) is 2.61. The second-order valence-electron chi connectivity index (χ2n) is 6.24. The molecule has 8 heteroatoms. The van der Waals surface area contributed by atoms with Crippen LogP contribution in [0, 0.1) is 5.82 Å². The van der Waals surface area contributed by atoms with Crippen LogP contribution in [0.5, 0.6) is 5.75 Å². The maximum Gasteiger partial charge on any atom is 0.127 e. The largest absolute Gasteiger partial charge is 0.491 e. The summed E-state index contributed by atoms with van der Waals surface area (Å²) in [5.74, 6) is 0.148. The van der Waals surface area contributed by atoms with Crippen LogP contribution in [0.25, 0.3) is 5.57 Å². The summed E-state index contributed by atoms with van der Waals surface area (Å²) in [5.41, 5.74) is 1.99. The van der Waals surface area contributed by atoms with Crippen molar-refractivity contribution in [3.05, 3.63) is 35.7 Å². The normalized spacial score (nSPS) is 18.9. The van der Waals surface area contributed by atoms with E-state index in [9.17, 15) is 9.50 Å². The lowest BCUT2D eigenvalue weighted by atomic mass is 10.00. The molecule has 0 aliphatic carbocycles. The van der Waals surface area contributed by atoms with Crippen LogP contribution in [-0.2, 0) is 4.74 Å². The molecule has 1 aromatic carbocycles. The van der Waals surface area contributed by atoms with E-state index < -0.39 is 6.10 Å². The monoisotopic (exact) mass is 408 g/mol. The summed E-state index contributed by atoms with van der Waals surface area (Å²) in [5, 5.41) is 13.4. The molecule has 0 amide bonds. The molecule has 0 saturated carbocycles. The van der Waals surface area contributed by atoms with Crippen LogP contribution in [0.2, 0.25) is 0 Å². The van der Waals surface area contributed by atoms with Crippen molar-refractivity contribution < 1.29 is 19.0 Å². The molecule has 0 aromatic heterocycles.